The fraction of sp³-hybridized carbons (Fsp3) is 0.353. The Morgan fingerprint density at radius 2 is 1.74 bits per heavy atom. The molecule has 6 heteroatoms. The lowest BCUT2D eigenvalue weighted by Crippen LogP contribution is -2.30. The van der Waals surface area contributed by atoms with Crippen LogP contribution in [0.5, 0.6) is 0 Å². The molecule has 0 unspecified atom stereocenters. The second-order valence-electron chi connectivity index (χ2n) is 5.90. The molecule has 2 heterocycles. The number of anilines is 1. The van der Waals surface area contributed by atoms with E-state index in [1.54, 1.807) is 25.3 Å². The molecule has 1 aromatic heterocycles. The van der Waals surface area contributed by atoms with Crippen LogP contribution in [0.25, 0.3) is 11.1 Å². The topological polar surface area (TPSA) is 76.3 Å². The summed E-state index contributed by atoms with van der Waals surface area (Å²) in [5.41, 5.74) is 2.49. The third-order valence-corrected chi connectivity index (χ3v) is 5.38. The first-order valence-electron chi connectivity index (χ1n) is 7.81. The molecule has 2 N–H and O–H groups in total. The van der Waals surface area contributed by atoms with E-state index >= 15 is 0 Å². The fourth-order valence-electron chi connectivity index (χ4n) is 3.18. The molecular formula is C17H21N3O2S. The highest BCUT2D eigenvalue weighted by Gasteiger charge is 2.20. The zero-order valence-electron chi connectivity index (χ0n) is 13.2. The van der Waals surface area contributed by atoms with Crippen LogP contribution in [0.3, 0.4) is 0 Å². The number of hydrogen-bond acceptors (Lipinski definition) is 4. The Hall–Kier alpha value is -1.92. The van der Waals surface area contributed by atoms with Gasteiger partial charge in [0.05, 0.1) is 4.90 Å². The van der Waals surface area contributed by atoms with Crippen molar-refractivity contribution >= 4 is 15.8 Å². The van der Waals surface area contributed by atoms with Crippen molar-refractivity contribution in [1.29, 1.82) is 0 Å². The molecule has 0 amide bonds. The lowest BCUT2D eigenvalue weighted by Gasteiger charge is -2.29. The molecule has 1 saturated heterocycles. The second kappa shape index (κ2) is 6.29. The predicted molar refractivity (Wildman–Crippen MR) is 91.8 cm³/mol. The van der Waals surface area contributed by atoms with E-state index in [2.05, 4.69) is 9.88 Å². The summed E-state index contributed by atoms with van der Waals surface area (Å²) in [6, 6.07) is 9.08. The van der Waals surface area contributed by atoms with Crippen molar-refractivity contribution in [1.82, 2.24) is 4.98 Å². The summed E-state index contributed by atoms with van der Waals surface area (Å²) in [4.78, 5) is 7.01. The van der Waals surface area contributed by atoms with Crippen LogP contribution in [-0.2, 0) is 10.0 Å². The molecule has 0 aliphatic carbocycles. The van der Waals surface area contributed by atoms with E-state index in [0.717, 1.165) is 42.9 Å². The highest BCUT2D eigenvalue weighted by atomic mass is 32.2. The van der Waals surface area contributed by atoms with Gasteiger partial charge in [0.25, 0.3) is 0 Å². The molecule has 0 bridgehead atoms. The van der Waals surface area contributed by atoms with Crippen molar-refractivity contribution in [3.05, 3.63) is 42.1 Å². The molecule has 1 fully saturated rings. The number of piperidine rings is 1. The lowest BCUT2D eigenvalue weighted by atomic mass is 10.00. The summed E-state index contributed by atoms with van der Waals surface area (Å²) in [6.45, 7) is 3.76. The molecule has 3 rings (SSSR count). The number of benzene rings is 1. The minimum Gasteiger partial charge on any atom is -0.356 e. The van der Waals surface area contributed by atoms with Gasteiger partial charge in [-0.2, -0.15) is 0 Å². The van der Waals surface area contributed by atoms with Crippen LogP contribution in [0, 0.1) is 6.92 Å². The number of nitrogens with zero attached hydrogens (tertiary/aromatic N) is 2. The van der Waals surface area contributed by atoms with Crippen LogP contribution in [-0.4, -0.2) is 26.5 Å². The van der Waals surface area contributed by atoms with Gasteiger partial charge in [-0.05, 0) is 55.5 Å². The molecule has 0 atom stereocenters. The average molecular weight is 331 g/mol. The van der Waals surface area contributed by atoms with Crippen LogP contribution in [0.4, 0.5) is 5.82 Å². The molecule has 1 aromatic carbocycles. The second-order valence-corrected chi connectivity index (χ2v) is 7.43. The van der Waals surface area contributed by atoms with Gasteiger partial charge in [-0.1, -0.05) is 12.1 Å². The maximum Gasteiger partial charge on any atom is 0.238 e. The maximum atomic E-state index is 11.8. The summed E-state index contributed by atoms with van der Waals surface area (Å²) >= 11 is 0. The maximum absolute atomic E-state index is 11.8. The Balaban J connectivity index is 2.13. The Kier molecular flexibility index (Phi) is 4.37. The summed E-state index contributed by atoms with van der Waals surface area (Å²) in [6.07, 6.45) is 5.35. The number of sulfonamides is 1. The van der Waals surface area contributed by atoms with Gasteiger partial charge in [0.2, 0.25) is 10.0 Å². The first-order valence-corrected chi connectivity index (χ1v) is 9.36. The fourth-order valence-corrected chi connectivity index (χ4v) is 3.98. The van der Waals surface area contributed by atoms with E-state index in [9.17, 15) is 8.42 Å². The van der Waals surface area contributed by atoms with Gasteiger partial charge in [0.15, 0.2) is 0 Å². The summed E-state index contributed by atoms with van der Waals surface area (Å²) in [5, 5.41) is 5.33. The van der Waals surface area contributed by atoms with Crippen molar-refractivity contribution < 1.29 is 8.42 Å². The third kappa shape index (κ3) is 3.23. The smallest absolute Gasteiger partial charge is 0.238 e. The van der Waals surface area contributed by atoms with Crippen LogP contribution in [0.1, 0.15) is 24.8 Å². The van der Waals surface area contributed by atoms with E-state index in [4.69, 9.17) is 5.14 Å². The molecule has 0 saturated carbocycles. The van der Waals surface area contributed by atoms with E-state index in [1.165, 1.54) is 6.42 Å². The van der Waals surface area contributed by atoms with Crippen molar-refractivity contribution in [3.63, 3.8) is 0 Å². The van der Waals surface area contributed by atoms with E-state index < -0.39 is 10.0 Å². The molecule has 1 aliphatic rings. The SMILES string of the molecule is Cc1c(-c2cccnc2N2CCCCC2)cccc1S(N)(=O)=O. The monoisotopic (exact) mass is 331 g/mol. The Labute approximate surface area is 137 Å². The van der Waals surface area contributed by atoms with E-state index in [0.29, 0.717) is 5.56 Å². The quantitative estimate of drug-likeness (QED) is 0.938. The molecule has 2 aromatic rings. The molecular weight excluding hydrogens is 310 g/mol. The van der Waals surface area contributed by atoms with Gasteiger partial charge in [-0.3, -0.25) is 0 Å². The van der Waals surface area contributed by atoms with Crippen LogP contribution < -0.4 is 10.0 Å². The highest BCUT2D eigenvalue weighted by Crippen LogP contribution is 2.34. The Morgan fingerprint density at radius 3 is 2.43 bits per heavy atom. The number of rotatable bonds is 3. The van der Waals surface area contributed by atoms with E-state index in [1.807, 2.05) is 18.2 Å². The summed E-state index contributed by atoms with van der Waals surface area (Å²) in [5.74, 6) is 0.918. The minimum absolute atomic E-state index is 0.170. The van der Waals surface area contributed by atoms with Gasteiger partial charge in [0, 0.05) is 24.8 Å². The number of aromatic nitrogens is 1. The number of hydrogen-bond donors (Lipinski definition) is 1. The number of nitrogens with two attached hydrogens (primary N) is 1. The van der Waals surface area contributed by atoms with Crippen molar-refractivity contribution in [2.75, 3.05) is 18.0 Å². The van der Waals surface area contributed by atoms with Gasteiger partial charge in [-0.15, -0.1) is 0 Å². The predicted octanol–water partition coefficient (Wildman–Crippen LogP) is 2.69. The normalized spacial score (nSPS) is 15.7. The molecule has 0 spiro atoms. The molecule has 0 radical (unpaired) electrons. The minimum atomic E-state index is -3.74. The zero-order valence-corrected chi connectivity index (χ0v) is 14.0. The average Bonchev–Trinajstić information content (AvgIpc) is 2.55. The number of primary sulfonamides is 1. The van der Waals surface area contributed by atoms with Gasteiger partial charge >= 0.3 is 0 Å². The standard InChI is InChI=1S/C17H21N3O2S/c1-13-14(7-5-9-16(13)23(18,21)22)15-8-6-10-19-17(15)20-11-3-2-4-12-20/h5-10H,2-4,11-12H2,1H3,(H2,18,21,22). The first-order chi connectivity index (χ1) is 11.0. The van der Waals surface area contributed by atoms with Crippen LogP contribution in [0.2, 0.25) is 0 Å². The summed E-state index contributed by atoms with van der Waals surface area (Å²) in [7, 11) is -3.74. The zero-order chi connectivity index (χ0) is 16.4. The van der Waals surface area contributed by atoms with Gasteiger partial charge < -0.3 is 4.90 Å². The molecule has 5 nitrogen and oxygen atoms in total. The van der Waals surface area contributed by atoms with Gasteiger partial charge in [-0.25, -0.2) is 18.5 Å². The van der Waals surface area contributed by atoms with E-state index in [-0.39, 0.29) is 4.90 Å². The molecule has 1 aliphatic heterocycles. The van der Waals surface area contributed by atoms with Gasteiger partial charge in [0.1, 0.15) is 5.82 Å². The highest BCUT2D eigenvalue weighted by molar-refractivity contribution is 7.89. The Bertz CT molecular complexity index is 812. The van der Waals surface area contributed by atoms with Crippen molar-refractivity contribution in [2.24, 2.45) is 5.14 Å². The Morgan fingerprint density at radius 1 is 1.04 bits per heavy atom. The van der Waals surface area contributed by atoms with Crippen LogP contribution in [0.15, 0.2) is 41.4 Å². The largest absolute Gasteiger partial charge is 0.356 e. The summed E-state index contributed by atoms with van der Waals surface area (Å²) < 4.78 is 23.6. The van der Waals surface area contributed by atoms with Crippen molar-refractivity contribution in [2.45, 2.75) is 31.1 Å². The van der Waals surface area contributed by atoms with Crippen LogP contribution >= 0.6 is 0 Å². The lowest BCUT2D eigenvalue weighted by molar-refractivity contribution is 0.574. The molecule has 23 heavy (non-hydrogen) atoms. The molecule has 122 valence electrons. The number of pyridine rings is 1. The third-order valence-electron chi connectivity index (χ3n) is 4.32. The van der Waals surface area contributed by atoms with Crippen molar-refractivity contribution in [3.8, 4) is 11.1 Å². The first kappa shape index (κ1) is 16.0.